The quantitative estimate of drug-likeness (QED) is 0.367. The van der Waals surface area contributed by atoms with E-state index in [0.717, 1.165) is 0 Å². The highest BCUT2D eigenvalue weighted by molar-refractivity contribution is 8.00. The number of primary amides is 1. The smallest absolute Gasteiger partial charge is 0.410 e. The number of thioether (sulfide) groups is 1. The molecule has 0 radical (unpaired) electrons. The van der Waals surface area contributed by atoms with Crippen LogP contribution in [0.25, 0.3) is 0 Å². The van der Waals surface area contributed by atoms with Crippen molar-refractivity contribution in [3.63, 3.8) is 0 Å². The van der Waals surface area contributed by atoms with E-state index in [9.17, 15) is 29.6 Å². The molecule has 2 rings (SSSR count). The molecule has 11 nitrogen and oxygen atoms in total. The number of hydrogen-bond acceptors (Lipinski definition) is 8. The minimum Gasteiger partial charge on any atom is -0.445 e. The summed E-state index contributed by atoms with van der Waals surface area (Å²) in [6.45, 7) is -0.167. The molecule has 158 valence electrons. The van der Waals surface area contributed by atoms with Crippen molar-refractivity contribution in [2.45, 2.75) is 25.2 Å². The van der Waals surface area contributed by atoms with Gasteiger partial charge in [0.1, 0.15) is 6.61 Å². The maximum Gasteiger partial charge on any atom is 0.410 e. The number of nitrogens with one attached hydrogen (secondary N) is 1. The molecule has 4 N–H and O–H groups in total. The van der Waals surface area contributed by atoms with E-state index in [4.69, 9.17) is 10.5 Å². The van der Waals surface area contributed by atoms with Crippen molar-refractivity contribution in [2.75, 3.05) is 24.6 Å². The lowest BCUT2D eigenvalue weighted by Gasteiger charge is -2.23. The molecule has 1 aromatic rings. The van der Waals surface area contributed by atoms with Gasteiger partial charge >= 0.3 is 6.09 Å². The molecule has 1 aromatic carbocycles. The summed E-state index contributed by atoms with van der Waals surface area (Å²) < 4.78 is 5.25. The van der Waals surface area contributed by atoms with E-state index in [2.05, 4.69) is 5.32 Å². The Morgan fingerprint density at radius 3 is 2.66 bits per heavy atom. The van der Waals surface area contributed by atoms with E-state index in [1.807, 2.05) is 0 Å². The van der Waals surface area contributed by atoms with Crippen LogP contribution in [-0.2, 0) is 20.9 Å². The minimum atomic E-state index is -0.684. The number of nitrogens with zero attached hydrogens (tertiary/aromatic N) is 2. The SMILES string of the molecule is NC(=O)CNC(=O)CSC[C@@H]1C[C@H](O)CN1C(=O)OCc1ccc([N+](=O)[O-])cc1. The van der Waals surface area contributed by atoms with Gasteiger partial charge in [-0.2, -0.15) is 0 Å². The molecule has 1 heterocycles. The molecule has 29 heavy (non-hydrogen) atoms. The number of likely N-dealkylation sites (tertiary alicyclic amines) is 1. The number of β-amino-alcohol motifs (C(OH)–C–C–N with tert-alkyl or cyclic N) is 1. The molecule has 0 unspecified atom stereocenters. The van der Waals surface area contributed by atoms with E-state index in [0.29, 0.717) is 17.7 Å². The fourth-order valence-corrected chi connectivity index (χ4v) is 3.73. The monoisotopic (exact) mass is 426 g/mol. The number of rotatable bonds is 9. The molecule has 0 aromatic heterocycles. The third-order valence-corrected chi connectivity index (χ3v) is 5.23. The molecular weight excluding hydrogens is 404 g/mol. The summed E-state index contributed by atoms with van der Waals surface area (Å²) >= 11 is 1.26. The van der Waals surface area contributed by atoms with Gasteiger partial charge in [0.15, 0.2) is 0 Å². The largest absolute Gasteiger partial charge is 0.445 e. The summed E-state index contributed by atoms with van der Waals surface area (Å²) in [7, 11) is 0. The van der Waals surface area contributed by atoms with E-state index >= 15 is 0 Å². The van der Waals surface area contributed by atoms with Gasteiger partial charge in [-0.05, 0) is 24.1 Å². The van der Waals surface area contributed by atoms with Crippen LogP contribution in [0, 0.1) is 10.1 Å². The van der Waals surface area contributed by atoms with Crippen LogP contribution >= 0.6 is 11.8 Å². The van der Waals surface area contributed by atoms with Crippen molar-refractivity contribution in [3.8, 4) is 0 Å². The second-order valence-electron chi connectivity index (χ2n) is 6.43. The number of aliphatic hydroxyl groups excluding tert-OH is 1. The van der Waals surface area contributed by atoms with Crippen LogP contribution in [-0.4, -0.2) is 69.6 Å². The second kappa shape index (κ2) is 10.6. The van der Waals surface area contributed by atoms with Gasteiger partial charge < -0.3 is 25.8 Å². The highest BCUT2D eigenvalue weighted by Gasteiger charge is 2.35. The standard InChI is InChI=1S/C17H22N4O7S/c18-15(23)6-19-16(24)10-29-9-13-5-14(22)7-20(13)17(25)28-8-11-1-3-12(4-2-11)21(26)27/h1-4,13-14,22H,5-10H2,(H2,18,23)(H,19,24)/t13-,14-/m0/s1. The normalized spacial score (nSPS) is 18.3. The van der Waals surface area contributed by atoms with Gasteiger partial charge in [0.2, 0.25) is 11.8 Å². The molecule has 1 saturated heterocycles. The zero-order chi connectivity index (χ0) is 21.4. The maximum atomic E-state index is 12.4. The summed E-state index contributed by atoms with van der Waals surface area (Å²) in [5.41, 5.74) is 5.49. The fraction of sp³-hybridized carbons (Fsp3) is 0.471. The molecule has 1 fully saturated rings. The number of nitrogens with two attached hydrogens (primary N) is 1. The first kappa shape index (κ1) is 22.4. The van der Waals surface area contributed by atoms with Crippen molar-refractivity contribution in [1.29, 1.82) is 0 Å². The molecule has 2 atom stereocenters. The first-order valence-corrected chi connectivity index (χ1v) is 9.89. The molecule has 0 aliphatic carbocycles. The lowest BCUT2D eigenvalue weighted by atomic mass is 10.2. The van der Waals surface area contributed by atoms with Crippen molar-refractivity contribution >= 4 is 35.4 Å². The molecule has 1 aliphatic heterocycles. The number of carbonyl (C=O) groups is 3. The Morgan fingerprint density at radius 1 is 1.34 bits per heavy atom. The summed E-state index contributed by atoms with van der Waals surface area (Å²) in [4.78, 5) is 46.1. The summed E-state index contributed by atoms with van der Waals surface area (Å²) in [5.74, 6) is -0.483. The Bertz CT molecular complexity index is 759. The average molecular weight is 426 g/mol. The Labute approximate surface area is 170 Å². The predicted octanol–water partition coefficient (Wildman–Crippen LogP) is 0.00130. The zero-order valence-electron chi connectivity index (χ0n) is 15.5. The number of aliphatic hydroxyl groups is 1. The predicted molar refractivity (Wildman–Crippen MR) is 104 cm³/mol. The lowest BCUT2D eigenvalue weighted by Crippen LogP contribution is -2.38. The van der Waals surface area contributed by atoms with Crippen LogP contribution in [0.5, 0.6) is 0 Å². The third kappa shape index (κ3) is 7.23. The molecule has 3 amide bonds. The fourth-order valence-electron chi connectivity index (χ4n) is 2.74. The molecule has 0 spiro atoms. The second-order valence-corrected chi connectivity index (χ2v) is 7.46. The van der Waals surface area contributed by atoms with Gasteiger partial charge in [-0.1, -0.05) is 0 Å². The van der Waals surface area contributed by atoms with Gasteiger partial charge in [0.05, 0.1) is 29.9 Å². The van der Waals surface area contributed by atoms with Crippen molar-refractivity contribution in [2.24, 2.45) is 5.73 Å². The highest BCUT2D eigenvalue weighted by Crippen LogP contribution is 2.23. The number of benzene rings is 1. The average Bonchev–Trinajstić information content (AvgIpc) is 3.05. The van der Waals surface area contributed by atoms with Gasteiger partial charge in [0, 0.05) is 23.9 Å². The Kier molecular flexibility index (Phi) is 8.21. The van der Waals surface area contributed by atoms with Gasteiger partial charge in [-0.25, -0.2) is 4.79 Å². The number of non-ortho nitro benzene ring substituents is 1. The summed E-state index contributed by atoms with van der Waals surface area (Å²) in [6, 6.07) is 5.35. The third-order valence-electron chi connectivity index (χ3n) is 4.14. The maximum absolute atomic E-state index is 12.4. The molecule has 0 saturated carbocycles. The van der Waals surface area contributed by atoms with Gasteiger partial charge in [-0.3, -0.25) is 19.7 Å². The van der Waals surface area contributed by atoms with Gasteiger partial charge in [0.25, 0.3) is 5.69 Å². The molecule has 12 heteroatoms. The van der Waals surface area contributed by atoms with Crippen LogP contribution in [0.3, 0.4) is 0 Å². The van der Waals surface area contributed by atoms with E-state index < -0.39 is 23.0 Å². The Balaban J connectivity index is 1.80. The topological polar surface area (TPSA) is 165 Å². The Hall–Kier alpha value is -2.86. The van der Waals surface area contributed by atoms with Crippen molar-refractivity contribution < 1.29 is 29.2 Å². The zero-order valence-corrected chi connectivity index (χ0v) is 16.3. The van der Waals surface area contributed by atoms with Crippen LogP contribution in [0.1, 0.15) is 12.0 Å². The van der Waals surface area contributed by atoms with E-state index in [-0.39, 0.29) is 43.1 Å². The van der Waals surface area contributed by atoms with Crippen molar-refractivity contribution in [1.82, 2.24) is 10.2 Å². The number of nitro groups is 1. The molecule has 1 aliphatic rings. The molecular formula is C17H22N4O7S. The summed E-state index contributed by atoms with van der Waals surface area (Å²) in [5, 5.41) is 22.9. The first-order valence-electron chi connectivity index (χ1n) is 8.73. The first-order chi connectivity index (χ1) is 13.8. The minimum absolute atomic E-state index is 0.0558. The van der Waals surface area contributed by atoms with Crippen molar-refractivity contribution in [3.05, 3.63) is 39.9 Å². The van der Waals surface area contributed by atoms with E-state index in [1.54, 1.807) is 0 Å². The Morgan fingerprint density at radius 2 is 2.03 bits per heavy atom. The number of hydrogen-bond donors (Lipinski definition) is 3. The number of carbonyl (C=O) groups excluding carboxylic acids is 3. The van der Waals surface area contributed by atoms with Crippen LogP contribution in [0.4, 0.5) is 10.5 Å². The summed E-state index contributed by atoms with van der Waals surface area (Å²) in [6.07, 6.45) is -0.928. The highest BCUT2D eigenvalue weighted by atomic mass is 32.2. The lowest BCUT2D eigenvalue weighted by molar-refractivity contribution is -0.384. The van der Waals surface area contributed by atoms with E-state index in [1.165, 1.54) is 40.9 Å². The van der Waals surface area contributed by atoms with Gasteiger partial charge in [-0.15, -0.1) is 11.8 Å². The van der Waals surface area contributed by atoms with Crippen LogP contribution in [0.2, 0.25) is 0 Å². The number of ether oxygens (including phenoxy) is 1. The number of nitro benzene ring substituents is 1. The number of amides is 3. The van der Waals surface area contributed by atoms with Crippen LogP contribution < -0.4 is 11.1 Å². The van der Waals surface area contributed by atoms with Crippen LogP contribution in [0.15, 0.2) is 24.3 Å². The molecule has 0 bridgehead atoms.